The minimum atomic E-state index is -0.530. The first-order valence-electron chi connectivity index (χ1n) is 7.54. The number of hydrazone groups is 1. The molecule has 9 nitrogen and oxygen atoms in total. The number of benzene rings is 1. The minimum absolute atomic E-state index is 0.0360. The predicted molar refractivity (Wildman–Crippen MR) is 95.8 cm³/mol. The fourth-order valence-electron chi connectivity index (χ4n) is 2.10. The summed E-state index contributed by atoms with van der Waals surface area (Å²) in [6.07, 6.45) is 1.43. The van der Waals surface area contributed by atoms with Crippen LogP contribution in [0.2, 0.25) is 5.02 Å². The molecule has 0 fully saturated rings. The van der Waals surface area contributed by atoms with Crippen LogP contribution in [0.15, 0.2) is 40.2 Å². The molecule has 3 rings (SSSR count). The second kappa shape index (κ2) is 7.28. The van der Waals surface area contributed by atoms with Crippen molar-refractivity contribution >= 4 is 23.7 Å². The molecule has 0 radical (unpaired) electrons. The lowest BCUT2D eigenvalue weighted by Gasteiger charge is -2.04. The fourth-order valence-corrected chi connectivity index (χ4v) is 2.28. The molecule has 26 heavy (non-hydrogen) atoms. The quantitative estimate of drug-likeness (QED) is 0.530. The molecule has 2 aromatic heterocycles. The van der Waals surface area contributed by atoms with Gasteiger partial charge >= 0.3 is 0 Å². The number of aryl methyl sites for hydroxylation is 2. The second-order valence-electron chi connectivity index (χ2n) is 5.37. The lowest BCUT2D eigenvalue weighted by molar-refractivity contribution is 0.0947. The summed E-state index contributed by atoms with van der Waals surface area (Å²) in [6.45, 7) is 3.24. The summed E-state index contributed by atoms with van der Waals surface area (Å²) in [5.41, 5.74) is 3.57. The van der Waals surface area contributed by atoms with Crippen LogP contribution in [0.4, 0.5) is 0 Å². The fraction of sp³-hybridized carbons (Fsp3) is 0.125. The molecule has 2 N–H and O–H groups in total. The summed E-state index contributed by atoms with van der Waals surface area (Å²) < 4.78 is 1.20. The van der Waals surface area contributed by atoms with Gasteiger partial charge in [0.2, 0.25) is 0 Å². The molecule has 0 aliphatic rings. The van der Waals surface area contributed by atoms with Crippen molar-refractivity contribution in [2.24, 2.45) is 5.10 Å². The first kappa shape index (κ1) is 17.5. The first-order chi connectivity index (χ1) is 12.5. The highest BCUT2D eigenvalue weighted by Crippen LogP contribution is 2.12. The van der Waals surface area contributed by atoms with Crippen molar-refractivity contribution in [1.29, 1.82) is 0 Å². The van der Waals surface area contributed by atoms with Gasteiger partial charge in [0.15, 0.2) is 0 Å². The summed E-state index contributed by atoms with van der Waals surface area (Å²) in [7, 11) is 0. The van der Waals surface area contributed by atoms with E-state index >= 15 is 0 Å². The van der Waals surface area contributed by atoms with Crippen LogP contribution in [0.1, 0.15) is 27.4 Å². The number of nitrogens with one attached hydrogen (secondary N) is 2. The first-order valence-corrected chi connectivity index (χ1v) is 7.92. The SMILES string of the molecule is Cc1cc(C(=O)N/N=C\c2ccccc2Cl)n(-c2nnc(C)c(=O)[nH]2)n1. The Hall–Kier alpha value is -3.33. The Morgan fingerprint density at radius 3 is 2.81 bits per heavy atom. The molecule has 0 saturated carbocycles. The third kappa shape index (κ3) is 3.67. The Morgan fingerprint density at radius 1 is 1.31 bits per heavy atom. The summed E-state index contributed by atoms with van der Waals surface area (Å²) in [5, 5.41) is 16.2. The van der Waals surface area contributed by atoms with E-state index in [1.54, 1.807) is 37.3 Å². The summed E-state index contributed by atoms with van der Waals surface area (Å²) in [4.78, 5) is 26.7. The van der Waals surface area contributed by atoms with Crippen molar-refractivity contribution in [3.05, 3.63) is 68.4 Å². The molecule has 0 bridgehead atoms. The zero-order chi connectivity index (χ0) is 18.7. The van der Waals surface area contributed by atoms with Crippen LogP contribution >= 0.6 is 11.6 Å². The van der Waals surface area contributed by atoms with Gasteiger partial charge < -0.3 is 0 Å². The molecule has 1 amide bonds. The van der Waals surface area contributed by atoms with Gasteiger partial charge in [-0.05, 0) is 26.0 Å². The Bertz CT molecular complexity index is 1050. The molecule has 132 valence electrons. The van der Waals surface area contributed by atoms with Crippen LogP contribution in [0, 0.1) is 13.8 Å². The average molecular weight is 372 g/mol. The number of carbonyl (C=O) groups is 1. The molecule has 2 heterocycles. The Balaban J connectivity index is 1.85. The molecule has 0 unspecified atom stereocenters. The van der Waals surface area contributed by atoms with Crippen molar-refractivity contribution in [2.75, 3.05) is 0 Å². The van der Waals surface area contributed by atoms with Gasteiger partial charge in [-0.2, -0.15) is 14.9 Å². The zero-order valence-corrected chi connectivity index (χ0v) is 14.7. The number of H-pyrrole nitrogens is 1. The number of aromatic amines is 1. The molecular weight excluding hydrogens is 358 g/mol. The normalized spacial score (nSPS) is 11.0. The number of hydrogen-bond donors (Lipinski definition) is 2. The molecule has 1 aromatic carbocycles. The van der Waals surface area contributed by atoms with E-state index in [0.717, 1.165) is 0 Å². The molecule has 0 aliphatic carbocycles. The monoisotopic (exact) mass is 371 g/mol. The maximum Gasteiger partial charge on any atom is 0.290 e. The molecule has 0 saturated heterocycles. The van der Waals surface area contributed by atoms with E-state index in [-0.39, 0.29) is 17.3 Å². The second-order valence-corrected chi connectivity index (χ2v) is 5.77. The van der Waals surface area contributed by atoms with E-state index in [1.807, 2.05) is 0 Å². The summed E-state index contributed by atoms with van der Waals surface area (Å²) >= 11 is 6.03. The van der Waals surface area contributed by atoms with Crippen molar-refractivity contribution < 1.29 is 4.79 Å². The maximum absolute atomic E-state index is 12.4. The highest BCUT2D eigenvalue weighted by atomic mass is 35.5. The van der Waals surface area contributed by atoms with E-state index in [0.29, 0.717) is 16.3 Å². The molecule has 0 aliphatic heterocycles. The van der Waals surface area contributed by atoms with Gasteiger partial charge in [-0.3, -0.25) is 14.6 Å². The number of rotatable bonds is 4. The van der Waals surface area contributed by atoms with Crippen molar-refractivity contribution in [2.45, 2.75) is 13.8 Å². The number of amides is 1. The average Bonchev–Trinajstić information content (AvgIpc) is 3.01. The molecule has 0 atom stereocenters. The van der Waals surface area contributed by atoms with Gasteiger partial charge in [0.25, 0.3) is 17.4 Å². The smallest absolute Gasteiger partial charge is 0.288 e. The minimum Gasteiger partial charge on any atom is -0.288 e. The van der Waals surface area contributed by atoms with Gasteiger partial charge in [-0.25, -0.2) is 5.43 Å². The number of nitrogens with zero attached hydrogens (tertiary/aromatic N) is 5. The molecule has 10 heteroatoms. The van der Waals surface area contributed by atoms with Gasteiger partial charge in [0.1, 0.15) is 11.4 Å². The lowest BCUT2D eigenvalue weighted by Crippen LogP contribution is -2.24. The van der Waals surface area contributed by atoms with Crippen molar-refractivity contribution in [3.8, 4) is 5.95 Å². The lowest BCUT2D eigenvalue weighted by atomic mass is 10.2. The van der Waals surface area contributed by atoms with Crippen molar-refractivity contribution in [3.63, 3.8) is 0 Å². The Kier molecular flexibility index (Phi) is 4.90. The van der Waals surface area contributed by atoms with Crippen LogP contribution in [0.25, 0.3) is 5.95 Å². The van der Waals surface area contributed by atoms with E-state index in [2.05, 4.69) is 30.8 Å². The maximum atomic E-state index is 12.4. The standard InChI is InChI=1S/C16H14ClN7O2/c1-9-7-13(24(23-9)16-19-14(25)10(2)20-22-16)15(26)21-18-8-11-5-3-4-6-12(11)17/h3-8H,1-2H3,(H,21,26)(H,19,22,25)/b18-8-. The zero-order valence-electron chi connectivity index (χ0n) is 13.9. The Labute approximate surface area is 152 Å². The van der Waals surface area contributed by atoms with E-state index in [9.17, 15) is 9.59 Å². The number of hydrogen-bond acceptors (Lipinski definition) is 6. The van der Waals surface area contributed by atoms with E-state index in [1.165, 1.54) is 17.8 Å². The van der Waals surface area contributed by atoms with Gasteiger partial charge in [-0.1, -0.05) is 29.8 Å². The highest BCUT2D eigenvalue weighted by molar-refractivity contribution is 6.33. The van der Waals surface area contributed by atoms with Gasteiger partial charge in [0, 0.05) is 10.6 Å². The molecular formula is C16H14ClN7O2. The van der Waals surface area contributed by atoms with Crippen LogP contribution in [-0.4, -0.2) is 37.1 Å². The molecule has 0 spiro atoms. The summed E-state index contributed by atoms with van der Waals surface area (Å²) in [5.74, 6) is -0.494. The van der Waals surface area contributed by atoms with Gasteiger partial charge in [0.05, 0.1) is 11.9 Å². The van der Waals surface area contributed by atoms with Crippen LogP contribution in [0.3, 0.4) is 0 Å². The number of halogens is 1. The predicted octanol–water partition coefficient (Wildman–Crippen LogP) is 1.38. The van der Waals surface area contributed by atoms with E-state index in [4.69, 9.17) is 11.6 Å². The van der Waals surface area contributed by atoms with E-state index < -0.39 is 11.5 Å². The Morgan fingerprint density at radius 2 is 2.08 bits per heavy atom. The van der Waals surface area contributed by atoms with Crippen molar-refractivity contribution in [1.82, 2.24) is 30.4 Å². The van der Waals surface area contributed by atoms with Crippen LogP contribution in [-0.2, 0) is 0 Å². The highest BCUT2D eigenvalue weighted by Gasteiger charge is 2.17. The van der Waals surface area contributed by atoms with Gasteiger partial charge in [-0.15, -0.1) is 10.2 Å². The molecule has 3 aromatic rings. The topological polar surface area (TPSA) is 118 Å². The largest absolute Gasteiger partial charge is 0.290 e. The number of aromatic nitrogens is 5. The number of carbonyl (C=O) groups excluding carboxylic acids is 1. The van der Waals surface area contributed by atoms with Crippen LogP contribution in [0.5, 0.6) is 0 Å². The summed E-state index contributed by atoms with van der Waals surface area (Å²) in [6, 6.07) is 8.62. The van der Waals surface area contributed by atoms with Crippen LogP contribution < -0.4 is 11.0 Å². The third-order valence-corrected chi connectivity index (χ3v) is 3.73. The third-order valence-electron chi connectivity index (χ3n) is 3.39.